The molecule has 5 N–H and O–H groups in total. The van der Waals surface area contributed by atoms with Crippen LogP contribution in [0.15, 0.2) is 34.1 Å². The van der Waals surface area contributed by atoms with Crippen LogP contribution in [0.3, 0.4) is 0 Å². The SMILES string of the molecule is CO/N=C(\C(=O)N[C@]1(C)C(=O)N2C(C(=O)O)=C(C[n+]3c(C)ccn4nc(C(=O)O)nc43)CS[C@@]21C)c1csc(N)n1. The van der Waals surface area contributed by atoms with Crippen LogP contribution >= 0.6 is 23.1 Å². The van der Waals surface area contributed by atoms with Gasteiger partial charge in [-0.2, -0.15) is 0 Å². The topological polar surface area (TPSA) is 219 Å². The van der Waals surface area contributed by atoms with Gasteiger partial charge in [-0.05, 0) is 25.8 Å². The minimum absolute atomic E-state index is 0.00137. The van der Waals surface area contributed by atoms with Crippen molar-refractivity contribution >= 4 is 63.5 Å². The Balaban J connectivity index is 1.49. The number of oxime groups is 1. The molecule has 0 saturated carbocycles. The average molecular weight is 603 g/mol. The third-order valence-electron chi connectivity index (χ3n) is 7.08. The third kappa shape index (κ3) is 4.26. The number of anilines is 1. The normalized spacial score (nSPS) is 22.4. The molecule has 3 aromatic rings. The van der Waals surface area contributed by atoms with E-state index in [0.717, 1.165) is 16.2 Å². The Hall–Kier alpha value is -4.58. The molecule has 1 saturated heterocycles. The Morgan fingerprint density at radius 1 is 1.27 bits per heavy atom. The zero-order valence-corrected chi connectivity index (χ0v) is 23.7. The summed E-state index contributed by atoms with van der Waals surface area (Å²) in [5, 5.41) is 31.7. The third-order valence-corrected chi connectivity index (χ3v) is 9.40. The quantitative estimate of drug-likeness (QED) is 0.112. The van der Waals surface area contributed by atoms with Gasteiger partial charge in [0.2, 0.25) is 0 Å². The first-order valence-corrected chi connectivity index (χ1v) is 13.8. The molecule has 0 spiro atoms. The van der Waals surface area contributed by atoms with E-state index in [-0.39, 0.29) is 40.3 Å². The molecular weight excluding hydrogens is 578 g/mol. The van der Waals surface area contributed by atoms with Crippen molar-refractivity contribution in [2.45, 2.75) is 37.7 Å². The molecule has 0 radical (unpaired) electrons. The number of carbonyl (C=O) groups excluding carboxylic acids is 2. The zero-order chi connectivity index (χ0) is 29.9. The van der Waals surface area contributed by atoms with Gasteiger partial charge >= 0.3 is 23.5 Å². The number of aromatic carboxylic acids is 1. The van der Waals surface area contributed by atoms with Crippen molar-refractivity contribution in [2.24, 2.45) is 5.16 Å². The number of thiazole rings is 1. The molecule has 0 aliphatic carbocycles. The first-order valence-electron chi connectivity index (χ1n) is 11.9. The van der Waals surface area contributed by atoms with Crippen LogP contribution in [-0.4, -0.2) is 87.4 Å². The Morgan fingerprint density at radius 2 is 2.00 bits per heavy atom. The molecule has 1 fully saturated rings. The van der Waals surface area contributed by atoms with Crippen LogP contribution in [0.5, 0.6) is 0 Å². The second kappa shape index (κ2) is 9.81. The predicted molar refractivity (Wildman–Crippen MR) is 144 cm³/mol. The highest BCUT2D eigenvalue weighted by atomic mass is 32.2. The summed E-state index contributed by atoms with van der Waals surface area (Å²) in [4.78, 5) is 63.8. The molecule has 18 heteroatoms. The Morgan fingerprint density at radius 3 is 2.61 bits per heavy atom. The molecular formula is C23H24N9O7S2+. The standard InChI is InChI=1S/C23H23N9O7S2/c1-10-5-6-31-21(26-15(28-31)18(36)37)30(10)7-11-8-41-23(3)22(2,19(38)32(23)14(11)17(34)35)27-16(33)13(29-39-4)12-9-40-20(24)25-12/h5-6,9H,7-8H2,1-4H3,(H4-,24,25,27,33,34,35,36,37)/p+1/b29-13-/t22-,23-/m1/s1. The van der Waals surface area contributed by atoms with Crippen molar-refractivity contribution in [3.63, 3.8) is 0 Å². The zero-order valence-electron chi connectivity index (χ0n) is 22.1. The fourth-order valence-electron chi connectivity index (χ4n) is 4.78. The number of amides is 2. The van der Waals surface area contributed by atoms with E-state index >= 15 is 0 Å². The molecule has 0 unspecified atom stereocenters. The molecule has 2 aliphatic heterocycles. The summed E-state index contributed by atoms with van der Waals surface area (Å²) in [6.45, 7) is 4.95. The van der Waals surface area contributed by atoms with Gasteiger partial charge in [0.05, 0.1) is 18.4 Å². The monoisotopic (exact) mass is 602 g/mol. The smallest absolute Gasteiger partial charge is 0.425 e. The lowest BCUT2D eigenvalue weighted by Crippen LogP contribution is -2.85. The van der Waals surface area contributed by atoms with Crippen LogP contribution in [0.2, 0.25) is 0 Å². The number of hydrogen-bond donors (Lipinski definition) is 4. The Labute approximate surface area is 239 Å². The van der Waals surface area contributed by atoms with Crippen molar-refractivity contribution in [1.82, 2.24) is 29.8 Å². The number of hydrogen-bond acceptors (Lipinski definition) is 12. The summed E-state index contributed by atoms with van der Waals surface area (Å²) in [7, 11) is 1.26. The summed E-state index contributed by atoms with van der Waals surface area (Å²) < 4.78 is 2.91. The predicted octanol–water partition coefficient (Wildman–Crippen LogP) is -0.368. The van der Waals surface area contributed by atoms with Gasteiger partial charge in [-0.25, -0.2) is 19.1 Å². The molecule has 2 atom stereocenters. The molecule has 41 heavy (non-hydrogen) atoms. The molecule has 3 aromatic heterocycles. The van der Waals surface area contributed by atoms with Gasteiger partial charge in [-0.1, -0.05) is 10.3 Å². The first-order chi connectivity index (χ1) is 19.3. The van der Waals surface area contributed by atoms with Crippen LogP contribution in [0, 0.1) is 6.92 Å². The Bertz CT molecular complexity index is 1710. The van der Waals surface area contributed by atoms with E-state index < -0.39 is 40.0 Å². The number of thioether (sulfide) groups is 1. The van der Waals surface area contributed by atoms with Gasteiger partial charge in [-0.3, -0.25) is 14.5 Å². The van der Waals surface area contributed by atoms with Crippen molar-refractivity contribution in [3.8, 4) is 0 Å². The van der Waals surface area contributed by atoms with E-state index in [0.29, 0.717) is 11.3 Å². The number of fused-ring (bicyclic) bond motifs is 2. The Kier molecular flexibility index (Phi) is 6.69. The van der Waals surface area contributed by atoms with E-state index in [1.165, 1.54) is 35.7 Å². The second-order valence-corrected chi connectivity index (χ2v) is 11.7. The van der Waals surface area contributed by atoms with Crippen LogP contribution in [0.4, 0.5) is 5.13 Å². The fraction of sp³-hybridized carbons (Fsp3) is 0.348. The number of aryl methyl sites for hydroxylation is 1. The number of carboxylic acids is 2. The maximum Gasteiger partial charge on any atom is 0.425 e. The number of aliphatic carboxylic acids is 1. The number of aromatic nitrogens is 5. The van der Waals surface area contributed by atoms with Gasteiger partial charge in [0, 0.05) is 22.8 Å². The minimum Gasteiger partial charge on any atom is -0.477 e. The number of carbonyl (C=O) groups is 4. The lowest BCUT2D eigenvalue weighted by atomic mass is 9.78. The number of nitrogens with one attached hydrogen (secondary N) is 1. The van der Waals surface area contributed by atoms with Crippen LogP contribution in [-0.2, 0) is 25.8 Å². The summed E-state index contributed by atoms with van der Waals surface area (Å²) in [5.74, 6) is -4.06. The van der Waals surface area contributed by atoms with Gasteiger partial charge in [0.25, 0.3) is 11.8 Å². The van der Waals surface area contributed by atoms with Gasteiger partial charge in [0.1, 0.15) is 28.9 Å². The van der Waals surface area contributed by atoms with Crippen molar-refractivity contribution in [3.05, 3.63) is 46.1 Å². The minimum atomic E-state index is -1.51. The molecule has 0 aromatic carbocycles. The van der Waals surface area contributed by atoms with Crippen molar-refractivity contribution in [1.29, 1.82) is 0 Å². The summed E-state index contributed by atoms with van der Waals surface area (Å²) in [5.41, 5.74) is 4.98. The van der Waals surface area contributed by atoms with E-state index in [2.05, 4.69) is 25.5 Å². The van der Waals surface area contributed by atoms with Crippen molar-refractivity contribution < 1.29 is 38.8 Å². The van der Waals surface area contributed by atoms with Crippen molar-refractivity contribution in [2.75, 3.05) is 18.6 Å². The molecule has 5 rings (SSSR count). The van der Waals surface area contributed by atoms with Crippen LogP contribution in [0.25, 0.3) is 5.78 Å². The summed E-state index contributed by atoms with van der Waals surface area (Å²) >= 11 is 2.38. The van der Waals surface area contributed by atoms with Crippen LogP contribution in [0.1, 0.15) is 35.9 Å². The molecule has 16 nitrogen and oxygen atoms in total. The van der Waals surface area contributed by atoms with E-state index in [1.807, 2.05) is 0 Å². The van der Waals surface area contributed by atoms with E-state index in [4.69, 9.17) is 10.6 Å². The van der Waals surface area contributed by atoms with Gasteiger partial charge < -0.3 is 26.1 Å². The number of β-lactam (4-membered cyclic amide) rings is 1. The highest BCUT2D eigenvalue weighted by Crippen LogP contribution is 2.54. The number of nitrogen functional groups attached to an aromatic ring is 1. The van der Waals surface area contributed by atoms with E-state index in [1.54, 1.807) is 30.7 Å². The number of nitrogens with zero attached hydrogens (tertiary/aromatic N) is 7. The molecule has 5 heterocycles. The average Bonchev–Trinajstić information content (AvgIpc) is 3.55. The number of rotatable bonds is 8. The molecule has 0 bridgehead atoms. The molecule has 2 amide bonds. The van der Waals surface area contributed by atoms with Gasteiger partial charge in [0.15, 0.2) is 10.8 Å². The highest BCUT2D eigenvalue weighted by molar-refractivity contribution is 8.01. The number of nitrogens with two attached hydrogens (primary N) is 1. The molecule has 2 aliphatic rings. The van der Waals surface area contributed by atoms with Gasteiger partial charge in [-0.15, -0.1) is 27.6 Å². The first kappa shape index (κ1) is 28.0. The maximum absolute atomic E-state index is 13.6. The number of carboxylic acid groups (broad SMARTS) is 2. The van der Waals surface area contributed by atoms with E-state index in [9.17, 15) is 29.4 Å². The van der Waals surface area contributed by atoms with Crippen LogP contribution < -0.4 is 15.6 Å². The largest absolute Gasteiger partial charge is 0.477 e. The summed E-state index contributed by atoms with van der Waals surface area (Å²) in [6.07, 6.45) is 1.55. The second-order valence-electron chi connectivity index (χ2n) is 9.47. The maximum atomic E-state index is 13.6. The lowest BCUT2D eigenvalue weighted by molar-refractivity contribution is -0.674. The fourth-order valence-corrected chi connectivity index (χ4v) is 6.74. The lowest BCUT2D eigenvalue weighted by Gasteiger charge is -2.63. The summed E-state index contributed by atoms with van der Waals surface area (Å²) in [6, 6.07) is 1.69. The highest BCUT2D eigenvalue weighted by Gasteiger charge is 2.70. The molecule has 214 valence electrons.